The highest BCUT2D eigenvalue weighted by Gasteiger charge is 2.21. The van der Waals surface area contributed by atoms with E-state index < -0.39 is 0 Å². The van der Waals surface area contributed by atoms with Gasteiger partial charge in [0, 0.05) is 44.6 Å². The van der Waals surface area contributed by atoms with E-state index in [2.05, 4.69) is 25.6 Å². The summed E-state index contributed by atoms with van der Waals surface area (Å²) in [6.07, 6.45) is 4.97. The standard InChI is InChI=1S/C21H23N7O2S/c1-13(2)30-17-11-15-18(31-21(26-15)27-8-5-22-6-9-27)10-14(17)20(29)25-16-12-24-28-7-3-4-23-19(16)28/h3-4,7,10-13,22H,5-6,8-9H2,1-2H3,(H,25,29). The van der Waals surface area contributed by atoms with Crippen molar-refractivity contribution in [1.82, 2.24) is 24.9 Å². The molecular weight excluding hydrogens is 414 g/mol. The molecule has 0 bridgehead atoms. The maximum Gasteiger partial charge on any atom is 0.259 e. The fourth-order valence-electron chi connectivity index (χ4n) is 3.57. The van der Waals surface area contributed by atoms with Crippen LogP contribution in [0.25, 0.3) is 15.9 Å². The zero-order valence-electron chi connectivity index (χ0n) is 17.3. The molecule has 5 rings (SSSR count). The van der Waals surface area contributed by atoms with E-state index in [-0.39, 0.29) is 12.0 Å². The number of nitrogens with one attached hydrogen (secondary N) is 2. The van der Waals surface area contributed by atoms with Crippen LogP contribution < -0.4 is 20.3 Å². The number of nitrogens with zero attached hydrogens (tertiary/aromatic N) is 5. The molecule has 160 valence electrons. The molecule has 4 aromatic rings. The summed E-state index contributed by atoms with van der Waals surface area (Å²) in [4.78, 5) is 24.6. The lowest BCUT2D eigenvalue weighted by molar-refractivity contribution is 0.102. The third-order valence-corrected chi connectivity index (χ3v) is 6.08. The fourth-order valence-corrected chi connectivity index (χ4v) is 4.61. The lowest BCUT2D eigenvalue weighted by Crippen LogP contribution is -2.43. The zero-order chi connectivity index (χ0) is 21.4. The molecule has 0 spiro atoms. The van der Waals surface area contributed by atoms with E-state index in [0.29, 0.717) is 22.6 Å². The molecule has 1 fully saturated rings. The number of benzene rings is 1. The Hall–Kier alpha value is -3.24. The quantitative estimate of drug-likeness (QED) is 0.496. The van der Waals surface area contributed by atoms with Gasteiger partial charge in [-0.2, -0.15) is 5.10 Å². The normalized spacial score (nSPS) is 14.5. The van der Waals surface area contributed by atoms with Crippen LogP contribution in [0.3, 0.4) is 0 Å². The van der Waals surface area contributed by atoms with Crippen molar-refractivity contribution in [2.45, 2.75) is 20.0 Å². The first-order chi connectivity index (χ1) is 15.1. The number of ether oxygens (including phenoxy) is 1. The van der Waals surface area contributed by atoms with Crippen LogP contribution in [-0.2, 0) is 0 Å². The van der Waals surface area contributed by atoms with E-state index in [4.69, 9.17) is 9.72 Å². The molecule has 0 atom stereocenters. The third kappa shape index (κ3) is 3.91. The number of carbonyl (C=O) groups is 1. The number of aromatic nitrogens is 4. The molecule has 31 heavy (non-hydrogen) atoms. The van der Waals surface area contributed by atoms with Crippen molar-refractivity contribution >= 4 is 43.9 Å². The topological polar surface area (TPSA) is 96.7 Å². The molecule has 1 amide bonds. The number of carbonyl (C=O) groups excluding carboxylic acids is 1. The molecule has 4 heterocycles. The summed E-state index contributed by atoms with van der Waals surface area (Å²) in [5.41, 5.74) is 2.43. The van der Waals surface area contributed by atoms with E-state index in [0.717, 1.165) is 41.5 Å². The first-order valence-electron chi connectivity index (χ1n) is 10.2. The molecule has 0 aliphatic carbocycles. The van der Waals surface area contributed by atoms with E-state index in [1.165, 1.54) is 0 Å². The fraction of sp³-hybridized carbons (Fsp3) is 0.333. The van der Waals surface area contributed by atoms with Gasteiger partial charge in [0.2, 0.25) is 0 Å². The van der Waals surface area contributed by atoms with Gasteiger partial charge in [-0.3, -0.25) is 4.79 Å². The molecule has 1 aromatic carbocycles. The van der Waals surface area contributed by atoms with Crippen molar-refractivity contribution in [3.63, 3.8) is 0 Å². The van der Waals surface area contributed by atoms with Crippen LogP contribution in [0.5, 0.6) is 5.75 Å². The van der Waals surface area contributed by atoms with Gasteiger partial charge in [-0.05, 0) is 26.0 Å². The Morgan fingerprint density at radius 3 is 2.94 bits per heavy atom. The number of thiazole rings is 1. The van der Waals surface area contributed by atoms with Gasteiger partial charge in [-0.25, -0.2) is 14.5 Å². The largest absolute Gasteiger partial charge is 0.490 e. The Balaban J connectivity index is 1.51. The average molecular weight is 438 g/mol. The minimum absolute atomic E-state index is 0.0751. The zero-order valence-corrected chi connectivity index (χ0v) is 18.1. The summed E-state index contributed by atoms with van der Waals surface area (Å²) in [6.45, 7) is 7.61. The summed E-state index contributed by atoms with van der Waals surface area (Å²) in [5, 5.41) is 11.5. The van der Waals surface area contributed by atoms with Crippen LogP contribution in [0.15, 0.2) is 36.8 Å². The van der Waals surface area contributed by atoms with E-state index >= 15 is 0 Å². The van der Waals surface area contributed by atoms with Gasteiger partial charge in [0.15, 0.2) is 10.8 Å². The van der Waals surface area contributed by atoms with E-state index in [1.54, 1.807) is 40.5 Å². The summed E-state index contributed by atoms with van der Waals surface area (Å²) in [6, 6.07) is 5.51. The highest BCUT2D eigenvalue weighted by atomic mass is 32.1. The first kappa shape index (κ1) is 19.7. The van der Waals surface area contributed by atoms with Crippen molar-refractivity contribution < 1.29 is 9.53 Å². The molecule has 3 aromatic heterocycles. The van der Waals surface area contributed by atoms with Crippen molar-refractivity contribution in [2.75, 3.05) is 36.4 Å². The molecule has 1 aliphatic rings. The van der Waals surface area contributed by atoms with Crippen LogP contribution in [0.4, 0.5) is 10.8 Å². The van der Waals surface area contributed by atoms with Crippen molar-refractivity contribution in [2.24, 2.45) is 0 Å². The Labute approximate surface area is 183 Å². The predicted octanol–water partition coefficient (Wildman–Crippen LogP) is 2.79. The van der Waals surface area contributed by atoms with Crippen LogP contribution in [0.1, 0.15) is 24.2 Å². The SMILES string of the molecule is CC(C)Oc1cc2nc(N3CCNCC3)sc2cc1C(=O)Nc1cnn2cccnc12. The molecule has 2 N–H and O–H groups in total. The van der Waals surface area contributed by atoms with Crippen LogP contribution in [-0.4, -0.2) is 57.8 Å². The van der Waals surface area contributed by atoms with Gasteiger partial charge in [0.25, 0.3) is 5.91 Å². The minimum atomic E-state index is -0.268. The van der Waals surface area contributed by atoms with E-state index in [1.807, 2.05) is 26.0 Å². The summed E-state index contributed by atoms with van der Waals surface area (Å²) in [7, 11) is 0. The number of rotatable bonds is 5. The Kier molecular flexibility index (Phi) is 5.16. The smallest absolute Gasteiger partial charge is 0.259 e. The van der Waals surface area contributed by atoms with Crippen molar-refractivity contribution in [3.8, 4) is 5.75 Å². The summed E-state index contributed by atoms with van der Waals surface area (Å²) < 4.78 is 8.55. The van der Waals surface area contributed by atoms with Gasteiger partial charge < -0.3 is 20.3 Å². The Morgan fingerprint density at radius 1 is 1.29 bits per heavy atom. The Bertz CT molecular complexity index is 1240. The van der Waals surface area contributed by atoms with Gasteiger partial charge in [-0.15, -0.1) is 0 Å². The molecule has 1 aliphatic heterocycles. The van der Waals surface area contributed by atoms with Gasteiger partial charge in [-0.1, -0.05) is 11.3 Å². The number of amides is 1. The molecular formula is C21H23N7O2S. The maximum atomic E-state index is 13.2. The lowest BCUT2D eigenvalue weighted by Gasteiger charge is -2.26. The highest BCUT2D eigenvalue weighted by molar-refractivity contribution is 7.22. The molecule has 0 saturated carbocycles. The second-order valence-electron chi connectivity index (χ2n) is 7.62. The van der Waals surface area contributed by atoms with Crippen molar-refractivity contribution in [3.05, 3.63) is 42.4 Å². The molecule has 10 heteroatoms. The van der Waals surface area contributed by atoms with Crippen LogP contribution in [0, 0.1) is 0 Å². The third-order valence-electron chi connectivity index (χ3n) is 5.00. The number of hydrogen-bond donors (Lipinski definition) is 2. The van der Waals surface area contributed by atoms with Crippen LogP contribution in [0.2, 0.25) is 0 Å². The maximum absolute atomic E-state index is 13.2. The highest BCUT2D eigenvalue weighted by Crippen LogP contribution is 2.34. The first-order valence-corrected chi connectivity index (χ1v) is 11.1. The van der Waals surface area contributed by atoms with Crippen molar-refractivity contribution in [1.29, 1.82) is 0 Å². The van der Waals surface area contributed by atoms with Gasteiger partial charge >= 0.3 is 0 Å². The second-order valence-corrected chi connectivity index (χ2v) is 8.63. The van der Waals surface area contributed by atoms with E-state index in [9.17, 15) is 4.79 Å². The van der Waals surface area contributed by atoms with Crippen LogP contribution >= 0.6 is 11.3 Å². The number of fused-ring (bicyclic) bond motifs is 2. The monoisotopic (exact) mass is 437 g/mol. The predicted molar refractivity (Wildman–Crippen MR) is 121 cm³/mol. The molecule has 0 radical (unpaired) electrons. The van der Waals surface area contributed by atoms with Gasteiger partial charge in [0.05, 0.1) is 28.1 Å². The lowest BCUT2D eigenvalue weighted by atomic mass is 10.1. The minimum Gasteiger partial charge on any atom is -0.490 e. The van der Waals surface area contributed by atoms with Gasteiger partial charge in [0.1, 0.15) is 11.4 Å². The second kappa shape index (κ2) is 8.12. The average Bonchev–Trinajstić information content (AvgIpc) is 3.37. The Morgan fingerprint density at radius 2 is 2.13 bits per heavy atom. The molecule has 9 nitrogen and oxygen atoms in total. The summed E-state index contributed by atoms with van der Waals surface area (Å²) >= 11 is 1.60. The number of hydrogen-bond acceptors (Lipinski definition) is 8. The number of anilines is 2. The molecule has 0 unspecified atom stereocenters. The molecule has 1 saturated heterocycles. The number of piperazine rings is 1. The summed E-state index contributed by atoms with van der Waals surface area (Å²) in [5.74, 6) is 0.247.